The third-order valence-electron chi connectivity index (χ3n) is 11.2. The zero-order valence-electron chi connectivity index (χ0n) is 22.0. The predicted molar refractivity (Wildman–Crippen MR) is 140 cm³/mol. The van der Waals surface area contributed by atoms with Gasteiger partial charge in [-0.15, -0.1) is 0 Å². The Labute approximate surface area is 210 Å². The molecule has 0 radical (unpaired) electrons. The summed E-state index contributed by atoms with van der Waals surface area (Å²) in [6.45, 7) is 8.83. The number of hydrazone groups is 1. The number of benzene rings is 1. The summed E-state index contributed by atoms with van der Waals surface area (Å²) in [5, 5.41) is 17.1. The summed E-state index contributed by atoms with van der Waals surface area (Å²) in [5.74, 6) is 2.77. The summed E-state index contributed by atoms with van der Waals surface area (Å²) in [6, 6.07) is 8.68. The van der Waals surface area contributed by atoms with E-state index in [9.17, 15) is 9.90 Å². The highest BCUT2D eigenvalue weighted by molar-refractivity contribution is 5.92. The molecule has 0 saturated heterocycles. The van der Waals surface area contributed by atoms with Crippen LogP contribution in [0.1, 0.15) is 95.7 Å². The molecule has 6 rings (SSSR count). The first-order valence-corrected chi connectivity index (χ1v) is 14.0. The number of allylic oxidation sites excluding steroid dienone is 1. The van der Waals surface area contributed by atoms with E-state index in [1.165, 1.54) is 48.9 Å². The third kappa shape index (κ3) is 3.57. The lowest BCUT2D eigenvalue weighted by Gasteiger charge is -2.58. The standard InChI is InChI=1S/C31H42N2O2/c1-19-5-7-21(8-6-19)29-18-28(32-33(29)20(2)34)27-12-11-25-24-10-9-22-17-23(35)13-15-30(22,3)26(24)14-16-31(25,27)4/h5-9,23-27,29,35H,10-18H2,1-4H3/t23-,24-,25-,26-,27+,29?,30-,31-/m0/s1. The third-order valence-corrected chi connectivity index (χ3v) is 11.2. The van der Waals surface area contributed by atoms with Gasteiger partial charge in [0.2, 0.25) is 5.91 Å². The minimum absolute atomic E-state index is 0.0369. The van der Waals surface area contributed by atoms with Crippen LogP contribution < -0.4 is 0 Å². The number of fused-ring (bicyclic) bond motifs is 5. The second-order valence-corrected chi connectivity index (χ2v) is 12.9. The number of aryl methyl sites for hydroxylation is 1. The summed E-state index contributed by atoms with van der Waals surface area (Å²) in [4.78, 5) is 12.6. The van der Waals surface area contributed by atoms with Crippen LogP contribution in [0, 0.1) is 41.4 Å². The van der Waals surface area contributed by atoms with Crippen LogP contribution >= 0.6 is 0 Å². The van der Waals surface area contributed by atoms with Gasteiger partial charge in [-0.2, -0.15) is 5.10 Å². The number of carbonyl (C=O) groups is 1. The van der Waals surface area contributed by atoms with E-state index in [1.54, 1.807) is 17.5 Å². The molecule has 0 spiro atoms. The van der Waals surface area contributed by atoms with E-state index in [1.807, 2.05) is 0 Å². The van der Waals surface area contributed by atoms with Gasteiger partial charge in [-0.25, -0.2) is 5.01 Å². The van der Waals surface area contributed by atoms with E-state index in [0.717, 1.165) is 43.4 Å². The van der Waals surface area contributed by atoms with Crippen molar-refractivity contribution < 1.29 is 9.90 Å². The molecule has 4 nitrogen and oxygen atoms in total. The molecule has 8 atom stereocenters. The van der Waals surface area contributed by atoms with Crippen LogP contribution in [0.3, 0.4) is 0 Å². The van der Waals surface area contributed by atoms with Crippen molar-refractivity contribution in [2.45, 2.75) is 97.6 Å². The summed E-state index contributed by atoms with van der Waals surface area (Å²) in [6.07, 6.45) is 12.5. The zero-order chi connectivity index (χ0) is 24.5. The van der Waals surface area contributed by atoms with Gasteiger partial charge in [0.05, 0.1) is 12.1 Å². The molecule has 5 aliphatic rings. The Kier molecular flexibility index (Phi) is 5.56. The fourth-order valence-electron chi connectivity index (χ4n) is 9.27. The molecule has 4 heteroatoms. The fourth-order valence-corrected chi connectivity index (χ4v) is 9.27. The molecule has 1 amide bonds. The Hall–Kier alpha value is -1.94. The quantitative estimate of drug-likeness (QED) is 0.492. The average molecular weight is 475 g/mol. The molecule has 0 bridgehead atoms. The van der Waals surface area contributed by atoms with Gasteiger partial charge in [0.25, 0.3) is 0 Å². The van der Waals surface area contributed by atoms with Crippen molar-refractivity contribution >= 4 is 11.6 Å². The number of nitrogens with zero attached hydrogens (tertiary/aromatic N) is 2. The van der Waals surface area contributed by atoms with E-state index >= 15 is 0 Å². The van der Waals surface area contributed by atoms with Crippen molar-refractivity contribution in [3.05, 3.63) is 47.0 Å². The Balaban J connectivity index is 1.27. The van der Waals surface area contributed by atoms with Crippen LogP contribution in [0.25, 0.3) is 0 Å². The van der Waals surface area contributed by atoms with Crippen LogP contribution in [0.4, 0.5) is 0 Å². The van der Waals surface area contributed by atoms with Gasteiger partial charge in [-0.3, -0.25) is 4.79 Å². The molecule has 1 unspecified atom stereocenters. The molecule has 188 valence electrons. The lowest BCUT2D eigenvalue weighted by atomic mass is 9.47. The number of rotatable bonds is 2. The summed E-state index contributed by atoms with van der Waals surface area (Å²) in [5.41, 5.74) is 5.83. The van der Waals surface area contributed by atoms with Crippen molar-refractivity contribution in [1.29, 1.82) is 0 Å². The van der Waals surface area contributed by atoms with Crippen LogP contribution in [0.15, 0.2) is 41.0 Å². The molecular weight excluding hydrogens is 432 g/mol. The highest BCUT2D eigenvalue weighted by atomic mass is 16.3. The molecule has 35 heavy (non-hydrogen) atoms. The Bertz CT molecular complexity index is 1070. The molecule has 1 aromatic rings. The first kappa shape index (κ1) is 23.5. The zero-order valence-corrected chi connectivity index (χ0v) is 22.0. The minimum atomic E-state index is -0.137. The predicted octanol–water partition coefficient (Wildman–Crippen LogP) is 6.58. The highest BCUT2D eigenvalue weighted by Crippen LogP contribution is 2.66. The van der Waals surface area contributed by atoms with Gasteiger partial charge in [0, 0.05) is 25.0 Å². The van der Waals surface area contributed by atoms with Gasteiger partial charge in [-0.1, -0.05) is 55.3 Å². The van der Waals surface area contributed by atoms with Crippen molar-refractivity contribution in [2.75, 3.05) is 0 Å². The maximum absolute atomic E-state index is 12.6. The van der Waals surface area contributed by atoms with Crippen molar-refractivity contribution in [1.82, 2.24) is 5.01 Å². The van der Waals surface area contributed by atoms with Crippen LogP contribution in [-0.4, -0.2) is 27.8 Å². The summed E-state index contributed by atoms with van der Waals surface area (Å²) < 4.78 is 0. The first-order valence-electron chi connectivity index (χ1n) is 14.0. The molecule has 1 aliphatic heterocycles. The lowest BCUT2D eigenvalue weighted by Crippen LogP contribution is -2.51. The van der Waals surface area contributed by atoms with Gasteiger partial charge in [0.15, 0.2) is 0 Å². The summed E-state index contributed by atoms with van der Waals surface area (Å²) >= 11 is 0. The van der Waals surface area contributed by atoms with Gasteiger partial charge < -0.3 is 5.11 Å². The van der Waals surface area contributed by atoms with Gasteiger partial charge in [-0.05, 0) is 92.4 Å². The maximum Gasteiger partial charge on any atom is 0.240 e. The molecule has 0 aromatic heterocycles. The molecular formula is C31H42N2O2. The van der Waals surface area contributed by atoms with E-state index in [-0.39, 0.29) is 28.9 Å². The molecule has 1 heterocycles. The Morgan fingerprint density at radius 3 is 2.54 bits per heavy atom. The highest BCUT2D eigenvalue weighted by Gasteiger charge is 2.59. The Morgan fingerprint density at radius 1 is 1.03 bits per heavy atom. The molecule has 1 aromatic carbocycles. The number of aliphatic hydroxyl groups is 1. The van der Waals surface area contributed by atoms with E-state index in [0.29, 0.717) is 5.92 Å². The normalized spacial score (nSPS) is 42.6. The van der Waals surface area contributed by atoms with E-state index in [2.05, 4.69) is 51.1 Å². The monoisotopic (exact) mass is 474 g/mol. The molecule has 3 fully saturated rings. The van der Waals surface area contributed by atoms with Crippen LogP contribution in [-0.2, 0) is 4.79 Å². The summed E-state index contributed by atoms with van der Waals surface area (Å²) in [7, 11) is 0. The van der Waals surface area contributed by atoms with Crippen molar-refractivity contribution in [3.8, 4) is 0 Å². The second-order valence-electron chi connectivity index (χ2n) is 12.9. The maximum atomic E-state index is 12.6. The minimum Gasteiger partial charge on any atom is -0.393 e. The number of hydrogen-bond acceptors (Lipinski definition) is 3. The molecule has 4 aliphatic carbocycles. The van der Waals surface area contributed by atoms with Crippen LogP contribution in [0.5, 0.6) is 0 Å². The van der Waals surface area contributed by atoms with Crippen LogP contribution in [0.2, 0.25) is 0 Å². The Morgan fingerprint density at radius 2 is 1.80 bits per heavy atom. The first-order chi connectivity index (χ1) is 16.7. The number of amides is 1. The average Bonchev–Trinajstić information content (AvgIpc) is 3.41. The topological polar surface area (TPSA) is 52.9 Å². The van der Waals surface area contributed by atoms with Gasteiger partial charge >= 0.3 is 0 Å². The van der Waals surface area contributed by atoms with Gasteiger partial charge in [0.1, 0.15) is 0 Å². The number of aliphatic hydroxyl groups excluding tert-OH is 1. The smallest absolute Gasteiger partial charge is 0.240 e. The van der Waals surface area contributed by atoms with Crippen molar-refractivity contribution in [3.63, 3.8) is 0 Å². The second kappa shape index (κ2) is 8.30. The largest absolute Gasteiger partial charge is 0.393 e. The number of carbonyl (C=O) groups excluding carboxylic acids is 1. The van der Waals surface area contributed by atoms with E-state index in [4.69, 9.17) is 5.10 Å². The lowest BCUT2D eigenvalue weighted by molar-refractivity contribution is -0.130. The van der Waals surface area contributed by atoms with Crippen molar-refractivity contribution in [2.24, 2.45) is 39.6 Å². The SMILES string of the molecule is CC(=O)N1N=C([C@H]2CC[C@H]3[C@@H]4CC=C5C[C@@H](O)CC[C@]5(C)[C@H]4CC[C@]23C)CC1c1ccc(C)cc1. The molecule has 3 saturated carbocycles. The number of hydrogen-bond donors (Lipinski definition) is 1. The fraction of sp³-hybridized carbons (Fsp3) is 0.677. The van der Waals surface area contributed by atoms with E-state index < -0.39 is 0 Å². The molecule has 1 N–H and O–H groups in total.